The van der Waals surface area contributed by atoms with Crippen molar-refractivity contribution in [1.82, 2.24) is 5.32 Å². The van der Waals surface area contributed by atoms with Crippen LogP contribution in [0.25, 0.3) is 0 Å². The van der Waals surface area contributed by atoms with Crippen molar-refractivity contribution in [3.63, 3.8) is 0 Å². The first-order chi connectivity index (χ1) is 34.5. The summed E-state index contributed by atoms with van der Waals surface area (Å²) in [7, 11) is 0. The largest absolute Gasteiger partial charge is 0.466 e. The molecule has 416 valence electrons. The van der Waals surface area contributed by atoms with Gasteiger partial charge < -0.3 is 20.3 Å². The minimum Gasteiger partial charge on any atom is -0.466 e. The van der Waals surface area contributed by atoms with Crippen LogP contribution < -0.4 is 5.32 Å². The summed E-state index contributed by atoms with van der Waals surface area (Å²) in [5.74, 6) is -0.0429. The molecule has 6 nitrogen and oxygen atoms in total. The maximum absolute atomic E-state index is 12.4. The summed E-state index contributed by atoms with van der Waals surface area (Å²) >= 11 is 0. The third-order valence-electron chi connectivity index (χ3n) is 15.1. The zero-order valence-corrected chi connectivity index (χ0v) is 47.5. The molecule has 0 radical (unpaired) electrons. The maximum atomic E-state index is 12.4. The van der Waals surface area contributed by atoms with Crippen LogP contribution in [0.2, 0.25) is 0 Å². The van der Waals surface area contributed by atoms with Crippen molar-refractivity contribution in [3.05, 3.63) is 12.2 Å². The summed E-state index contributed by atoms with van der Waals surface area (Å²) in [5.41, 5.74) is 0. The van der Waals surface area contributed by atoms with Gasteiger partial charge in [-0.3, -0.25) is 9.59 Å². The van der Waals surface area contributed by atoms with Crippen LogP contribution in [0, 0.1) is 0 Å². The number of carbonyl (C=O) groups excluding carboxylic acids is 2. The Hall–Kier alpha value is -1.40. The van der Waals surface area contributed by atoms with Crippen LogP contribution in [0.15, 0.2) is 12.2 Å². The van der Waals surface area contributed by atoms with Crippen LogP contribution >= 0.6 is 0 Å². The number of carbonyl (C=O) groups is 2. The lowest BCUT2D eigenvalue weighted by molar-refractivity contribution is -0.143. The molecule has 3 N–H and O–H groups in total. The minimum absolute atomic E-state index is 0.0205. The first-order valence-electron chi connectivity index (χ1n) is 32.0. The Morgan fingerprint density at radius 1 is 0.386 bits per heavy atom. The molecule has 2 atom stereocenters. The standard InChI is InChI=1S/C64H125NO5/c1-3-5-7-9-11-13-36-40-44-48-52-56-62(67)61(60-66)65-63(68)57-53-49-45-41-38-34-32-30-28-26-24-22-20-18-16-15-17-19-21-23-25-27-29-31-33-35-39-43-47-51-55-59-70-64(69)58-54-50-46-42-37-14-12-10-8-6-4-2/h52,56,61-62,66-67H,3-51,53-55,57-60H2,1-2H3,(H,65,68)/b56-52+. The number of nitrogens with one attached hydrogen (secondary N) is 1. The van der Waals surface area contributed by atoms with Crippen LogP contribution in [-0.2, 0) is 14.3 Å². The minimum atomic E-state index is -0.839. The van der Waals surface area contributed by atoms with E-state index >= 15 is 0 Å². The van der Waals surface area contributed by atoms with E-state index in [0.717, 1.165) is 38.5 Å². The molecule has 0 aliphatic carbocycles. The summed E-state index contributed by atoms with van der Waals surface area (Å²) in [6.45, 7) is 4.91. The molecule has 0 saturated heterocycles. The second kappa shape index (κ2) is 60.2. The average Bonchev–Trinajstić information content (AvgIpc) is 3.36. The maximum Gasteiger partial charge on any atom is 0.305 e. The van der Waals surface area contributed by atoms with Crippen LogP contribution in [-0.4, -0.2) is 47.4 Å². The highest BCUT2D eigenvalue weighted by Gasteiger charge is 2.18. The molecule has 0 heterocycles. The molecule has 0 rings (SSSR count). The van der Waals surface area contributed by atoms with E-state index in [-0.39, 0.29) is 18.5 Å². The number of aliphatic hydroxyl groups excluding tert-OH is 2. The fourth-order valence-corrected chi connectivity index (χ4v) is 10.2. The number of ether oxygens (including phenoxy) is 1. The second-order valence-corrected chi connectivity index (χ2v) is 22.1. The molecule has 0 fully saturated rings. The molecule has 0 bridgehead atoms. The van der Waals surface area contributed by atoms with E-state index in [0.29, 0.717) is 19.4 Å². The summed E-state index contributed by atoms with van der Waals surface area (Å²) in [6, 6.07) is -0.622. The van der Waals surface area contributed by atoms with E-state index in [1.54, 1.807) is 6.08 Å². The predicted octanol–water partition coefficient (Wildman–Crippen LogP) is 20.0. The first kappa shape index (κ1) is 68.6. The Bertz CT molecular complexity index is 1050. The Morgan fingerprint density at radius 3 is 0.971 bits per heavy atom. The Morgan fingerprint density at radius 2 is 0.657 bits per heavy atom. The van der Waals surface area contributed by atoms with Crippen molar-refractivity contribution in [2.24, 2.45) is 0 Å². The normalized spacial score (nSPS) is 12.6. The van der Waals surface area contributed by atoms with Gasteiger partial charge in [0, 0.05) is 12.8 Å². The van der Waals surface area contributed by atoms with E-state index in [1.165, 1.54) is 295 Å². The van der Waals surface area contributed by atoms with Crippen LogP contribution in [0.1, 0.15) is 361 Å². The van der Waals surface area contributed by atoms with Gasteiger partial charge in [0.25, 0.3) is 0 Å². The molecular formula is C64H125NO5. The molecular weight excluding hydrogens is 863 g/mol. The molecule has 0 spiro atoms. The van der Waals surface area contributed by atoms with Crippen molar-refractivity contribution in [2.75, 3.05) is 13.2 Å². The van der Waals surface area contributed by atoms with Crippen molar-refractivity contribution < 1.29 is 24.5 Å². The van der Waals surface area contributed by atoms with E-state index in [1.807, 2.05) is 6.08 Å². The highest BCUT2D eigenvalue weighted by atomic mass is 16.5. The van der Waals surface area contributed by atoms with Crippen LogP contribution in [0.4, 0.5) is 0 Å². The van der Waals surface area contributed by atoms with Gasteiger partial charge in [-0.2, -0.15) is 0 Å². The van der Waals surface area contributed by atoms with Gasteiger partial charge in [0.2, 0.25) is 5.91 Å². The topological polar surface area (TPSA) is 95.9 Å². The zero-order valence-electron chi connectivity index (χ0n) is 47.5. The fourth-order valence-electron chi connectivity index (χ4n) is 10.2. The molecule has 0 aromatic rings. The number of esters is 1. The number of unbranched alkanes of at least 4 members (excludes halogenated alkanes) is 49. The average molecular weight is 989 g/mol. The molecule has 70 heavy (non-hydrogen) atoms. The monoisotopic (exact) mass is 988 g/mol. The Balaban J connectivity index is 3.31. The number of amides is 1. The quantitative estimate of drug-likeness (QED) is 0.0321. The van der Waals surface area contributed by atoms with E-state index in [4.69, 9.17) is 4.74 Å². The summed E-state index contributed by atoms with van der Waals surface area (Å²) in [4.78, 5) is 24.4. The lowest BCUT2D eigenvalue weighted by Crippen LogP contribution is -2.45. The Labute approximate surface area is 438 Å². The highest BCUT2D eigenvalue weighted by Crippen LogP contribution is 2.18. The highest BCUT2D eigenvalue weighted by molar-refractivity contribution is 5.76. The summed E-state index contributed by atoms with van der Waals surface area (Å²) in [6.07, 6.45) is 72.8. The van der Waals surface area contributed by atoms with Crippen molar-refractivity contribution in [3.8, 4) is 0 Å². The van der Waals surface area contributed by atoms with Crippen LogP contribution in [0.5, 0.6) is 0 Å². The van der Waals surface area contributed by atoms with E-state index < -0.39 is 12.1 Å². The molecule has 0 aliphatic heterocycles. The van der Waals surface area contributed by atoms with Crippen molar-refractivity contribution >= 4 is 11.9 Å². The first-order valence-corrected chi connectivity index (χ1v) is 32.0. The molecule has 0 aromatic carbocycles. The third kappa shape index (κ3) is 55.9. The van der Waals surface area contributed by atoms with Gasteiger partial charge in [-0.25, -0.2) is 0 Å². The molecule has 1 amide bonds. The molecule has 6 heteroatoms. The SMILES string of the molecule is CCCCCCCCCCC/C=C/C(O)C(CO)NC(=O)CCCCCCCCCCCCCCCCCCCCCCCCCCCCCCCCCOC(=O)CCCCCCCCCCCCC. The number of hydrogen-bond acceptors (Lipinski definition) is 5. The molecule has 0 aliphatic rings. The van der Waals surface area contributed by atoms with Gasteiger partial charge in [-0.05, 0) is 32.1 Å². The van der Waals surface area contributed by atoms with E-state index in [9.17, 15) is 19.8 Å². The second-order valence-electron chi connectivity index (χ2n) is 22.1. The zero-order chi connectivity index (χ0) is 50.7. The van der Waals surface area contributed by atoms with E-state index in [2.05, 4.69) is 19.2 Å². The van der Waals surface area contributed by atoms with Crippen molar-refractivity contribution in [1.29, 1.82) is 0 Å². The fraction of sp³-hybridized carbons (Fsp3) is 0.938. The molecule has 0 aromatic heterocycles. The van der Waals surface area contributed by atoms with Gasteiger partial charge in [0.1, 0.15) is 0 Å². The van der Waals surface area contributed by atoms with Gasteiger partial charge in [0.05, 0.1) is 25.4 Å². The van der Waals surface area contributed by atoms with Crippen LogP contribution in [0.3, 0.4) is 0 Å². The van der Waals surface area contributed by atoms with Gasteiger partial charge in [-0.1, -0.05) is 328 Å². The molecule has 0 saturated carbocycles. The lowest BCUT2D eigenvalue weighted by atomic mass is 10.0. The molecule has 2 unspecified atom stereocenters. The third-order valence-corrected chi connectivity index (χ3v) is 15.1. The van der Waals surface area contributed by atoms with Gasteiger partial charge >= 0.3 is 5.97 Å². The number of aliphatic hydroxyl groups is 2. The number of rotatable bonds is 60. The van der Waals surface area contributed by atoms with Crippen molar-refractivity contribution in [2.45, 2.75) is 373 Å². The van der Waals surface area contributed by atoms with Gasteiger partial charge in [0.15, 0.2) is 0 Å². The number of hydrogen-bond donors (Lipinski definition) is 3. The predicted molar refractivity (Wildman–Crippen MR) is 306 cm³/mol. The lowest BCUT2D eigenvalue weighted by Gasteiger charge is -2.20. The van der Waals surface area contributed by atoms with Gasteiger partial charge in [-0.15, -0.1) is 0 Å². The number of allylic oxidation sites excluding steroid dienone is 1. The Kier molecular flexibility index (Phi) is 59.0. The smallest absolute Gasteiger partial charge is 0.305 e. The summed E-state index contributed by atoms with van der Waals surface area (Å²) < 4.78 is 5.47. The summed E-state index contributed by atoms with van der Waals surface area (Å²) in [5, 5.41) is 23.0.